The molecule has 3 heterocycles. The van der Waals surface area contributed by atoms with Gasteiger partial charge in [0.25, 0.3) is 0 Å². The van der Waals surface area contributed by atoms with Gasteiger partial charge in [-0.25, -0.2) is 4.98 Å². The molecule has 2 atom stereocenters. The van der Waals surface area contributed by atoms with Crippen molar-refractivity contribution in [3.8, 4) is 0 Å². The molecule has 0 spiro atoms. The summed E-state index contributed by atoms with van der Waals surface area (Å²) in [6.07, 6.45) is 18.0. The average molecular weight is 357 g/mol. The molecule has 3 aliphatic rings. The van der Waals surface area contributed by atoms with E-state index >= 15 is 0 Å². The number of piperidine rings is 1. The van der Waals surface area contributed by atoms with Crippen molar-refractivity contribution in [3.63, 3.8) is 0 Å². The van der Waals surface area contributed by atoms with Gasteiger partial charge in [0.2, 0.25) is 0 Å². The lowest BCUT2D eigenvalue weighted by Gasteiger charge is -2.34. The highest BCUT2D eigenvalue weighted by Crippen LogP contribution is 2.34. The molecule has 0 aromatic carbocycles. The van der Waals surface area contributed by atoms with Gasteiger partial charge in [0.15, 0.2) is 0 Å². The first kappa shape index (κ1) is 17.7. The van der Waals surface area contributed by atoms with Gasteiger partial charge in [-0.05, 0) is 57.6 Å². The number of rotatable bonds is 5. The predicted octanol–water partition coefficient (Wildman–Crippen LogP) is 2.83. The minimum absolute atomic E-state index is 0.00499. The highest BCUT2D eigenvalue weighted by molar-refractivity contribution is 5.58. The molecular weight excluding hydrogens is 324 g/mol. The molecule has 4 rings (SSSR count). The molecule has 1 saturated carbocycles. The van der Waals surface area contributed by atoms with Crippen LogP contribution in [0.15, 0.2) is 23.5 Å². The lowest BCUT2D eigenvalue weighted by Crippen LogP contribution is -2.36. The molecule has 142 valence electrons. The van der Waals surface area contributed by atoms with E-state index in [1.54, 1.807) is 0 Å². The molecule has 1 aromatic heterocycles. The molecule has 1 aliphatic carbocycles. The quantitative estimate of drug-likeness (QED) is 0.758. The number of hydrogen-bond donors (Lipinski definition) is 3. The van der Waals surface area contributed by atoms with Gasteiger partial charge in [-0.1, -0.05) is 6.42 Å². The largest absolute Gasteiger partial charge is 0.344 e. The van der Waals surface area contributed by atoms with Crippen LogP contribution in [-0.2, 0) is 0 Å². The first-order chi connectivity index (χ1) is 12.8. The number of aromatic amines is 1. The Balaban J connectivity index is 1.30. The Kier molecular flexibility index (Phi) is 5.70. The van der Waals surface area contributed by atoms with E-state index in [1.807, 2.05) is 12.5 Å². The Bertz CT molecular complexity index is 610. The molecule has 1 aromatic rings. The summed E-state index contributed by atoms with van der Waals surface area (Å²) >= 11 is 0. The summed E-state index contributed by atoms with van der Waals surface area (Å²) in [6, 6.07) is 1.14. The number of imidazole rings is 1. The van der Waals surface area contributed by atoms with Crippen LogP contribution in [0.25, 0.3) is 0 Å². The Hall–Kier alpha value is -1.66. The van der Waals surface area contributed by atoms with Crippen LogP contribution in [-0.4, -0.2) is 46.4 Å². The van der Waals surface area contributed by atoms with Crippen LogP contribution in [0.3, 0.4) is 0 Å². The van der Waals surface area contributed by atoms with E-state index < -0.39 is 0 Å². The monoisotopic (exact) mass is 356 g/mol. The maximum Gasteiger partial charge on any atom is 0.123 e. The topological polar surface area (TPSA) is 82.3 Å². The summed E-state index contributed by atoms with van der Waals surface area (Å²) in [4.78, 5) is 14.8. The van der Waals surface area contributed by atoms with Crippen molar-refractivity contribution in [1.82, 2.24) is 20.2 Å². The third-order valence-electron chi connectivity index (χ3n) is 6.18. The SMILES string of the molecule is N[C@@H](CC1CCCCN1)c1ncc(C2CCC(N3C=CCN=C3)CC2)[nH]1. The molecule has 2 aliphatic heterocycles. The number of aromatic nitrogens is 2. The van der Waals surface area contributed by atoms with Gasteiger partial charge in [0.05, 0.1) is 18.9 Å². The fraction of sp³-hybridized carbons (Fsp3) is 0.700. The van der Waals surface area contributed by atoms with Crippen molar-refractivity contribution in [2.75, 3.05) is 13.1 Å². The van der Waals surface area contributed by atoms with Crippen molar-refractivity contribution in [3.05, 3.63) is 30.0 Å². The minimum Gasteiger partial charge on any atom is -0.344 e. The van der Waals surface area contributed by atoms with E-state index in [2.05, 4.69) is 37.5 Å². The van der Waals surface area contributed by atoms with Gasteiger partial charge in [-0.3, -0.25) is 4.99 Å². The van der Waals surface area contributed by atoms with Crippen LogP contribution in [0.5, 0.6) is 0 Å². The maximum absolute atomic E-state index is 6.43. The number of nitrogens with two attached hydrogens (primary N) is 1. The number of nitrogens with zero attached hydrogens (tertiary/aromatic N) is 3. The Morgan fingerprint density at radius 3 is 2.81 bits per heavy atom. The number of nitrogens with one attached hydrogen (secondary N) is 2. The molecule has 0 bridgehead atoms. The summed E-state index contributed by atoms with van der Waals surface area (Å²) in [6.45, 7) is 1.94. The van der Waals surface area contributed by atoms with Gasteiger partial charge >= 0.3 is 0 Å². The van der Waals surface area contributed by atoms with E-state index in [1.165, 1.54) is 50.6 Å². The molecule has 2 fully saturated rings. The van der Waals surface area contributed by atoms with E-state index in [4.69, 9.17) is 5.73 Å². The Labute approximate surface area is 156 Å². The lowest BCUT2D eigenvalue weighted by atomic mass is 9.84. The summed E-state index contributed by atoms with van der Waals surface area (Å²) < 4.78 is 0. The van der Waals surface area contributed by atoms with Crippen LogP contribution in [0.4, 0.5) is 0 Å². The molecular formula is C20H32N6. The molecule has 4 N–H and O–H groups in total. The van der Waals surface area contributed by atoms with E-state index in [0.29, 0.717) is 18.0 Å². The van der Waals surface area contributed by atoms with Gasteiger partial charge in [-0.15, -0.1) is 0 Å². The zero-order valence-corrected chi connectivity index (χ0v) is 15.6. The third-order valence-corrected chi connectivity index (χ3v) is 6.18. The summed E-state index contributed by atoms with van der Waals surface area (Å²) in [7, 11) is 0. The number of hydrogen-bond acceptors (Lipinski definition) is 5. The first-order valence-electron chi connectivity index (χ1n) is 10.3. The van der Waals surface area contributed by atoms with Gasteiger partial charge < -0.3 is 20.9 Å². The van der Waals surface area contributed by atoms with Crippen molar-refractivity contribution in [2.24, 2.45) is 10.7 Å². The molecule has 1 saturated heterocycles. The van der Waals surface area contributed by atoms with E-state index in [9.17, 15) is 0 Å². The highest BCUT2D eigenvalue weighted by Gasteiger charge is 2.27. The fourth-order valence-electron chi connectivity index (χ4n) is 4.60. The van der Waals surface area contributed by atoms with E-state index in [-0.39, 0.29) is 6.04 Å². The predicted molar refractivity (Wildman–Crippen MR) is 105 cm³/mol. The van der Waals surface area contributed by atoms with Crippen molar-refractivity contribution in [1.29, 1.82) is 0 Å². The highest BCUT2D eigenvalue weighted by atomic mass is 15.2. The molecule has 0 amide bonds. The van der Waals surface area contributed by atoms with Crippen LogP contribution in [0.2, 0.25) is 0 Å². The van der Waals surface area contributed by atoms with Crippen LogP contribution in [0, 0.1) is 0 Å². The third kappa shape index (κ3) is 4.18. The van der Waals surface area contributed by atoms with Crippen molar-refractivity contribution in [2.45, 2.75) is 75.4 Å². The molecule has 6 nitrogen and oxygen atoms in total. The van der Waals surface area contributed by atoms with Crippen molar-refractivity contribution < 1.29 is 0 Å². The number of aliphatic imine (C=N–C) groups is 1. The summed E-state index contributed by atoms with van der Waals surface area (Å²) in [5, 5.41) is 3.58. The normalized spacial score (nSPS) is 30.5. The second-order valence-electron chi connectivity index (χ2n) is 8.03. The van der Waals surface area contributed by atoms with Crippen molar-refractivity contribution >= 4 is 6.34 Å². The standard InChI is InChI=1S/C20H32N6/c21-18(12-16-4-1-2-10-23-16)20-24-13-19(25-20)15-5-7-17(8-6-15)26-11-3-9-22-14-26/h3,11,13-18,23H,1-2,4-10,12,21H2,(H,24,25)/t15?,16?,17?,18-/m0/s1. The molecule has 1 unspecified atom stereocenters. The Morgan fingerprint density at radius 2 is 2.08 bits per heavy atom. The first-order valence-corrected chi connectivity index (χ1v) is 10.3. The average Bonchev–Trinajstić information content (AvgIpc) is 3.20. The van der Waals surface area contributed by atoms with Crippen LogP contribution < -0.4 is 11.1 Å². The Morgan fingerprint density at radius 1 is 1.19 bits per heavy atom. The van der Waals surface area contributed by atoms with Crippen LogP contribution >= 0.6 is 0 Å². The second-order valence-corrected chi connectivity index (χ2v) is 8.03. The van der Waals surface area contributed by atoms with E-state index in [0.717, 1.165) is 25.3 Å². The number of H-pyrrole nitrogens is 1. The molecule has 0 radical (unpaired) electrons. The summed E-state index contributed by atoms with van der Waals surface area (Å²) in [5.41, 5.74) is 7.70. The molecule has 26 heavy (non-hydrogen) atoms. The lowest BCUT2D eigenvalue weighted by molar-refractivity contribution is 0.280. The smallest absolute Gasteiger partial charge is 0.123 e. The summed E-state index contributed by atoms with van der Waals surface area (Å²) in [5.74, 6) is 1.54. The van der Waals surface area contributed by atoms with Crippen LogP contribution in [0.1, 0.15) is 74.8 Å². The van der Waals surface area contributed by atoms with Gasteiger partial charge in [0, 0.05) is 36.1 Å². The van der Waals surface area contributed by atoms with Gasteiger partial charge in [-0.2, -0.15) is 0 Å². The zero-order valence-electron chi connectivity index (χ0n) is 15.6. The minimum atomic E-state index is 0.00499. The maximum atomic E-state index is 6.43. The van der Waals surface area contributed by atoms with Gasteiger partial charge in [0.1, 0.15) is 5.82 Å². The zero-order chi connectivity index (χ0) is 17.8. The fourth-order valence-corrected chi connectivity index (χ4v) is 4.60. The second kappa shape index (κ2) is 8.35. The molecule has 6 heteroatoms.